The molecule has 0 bridgehead atoms. The van der Waals surface area contributed by atoms with Crippen LogP contribution in [0, 0.1) is 0 Å². The van der Waals surface area contributed by atoms with Crippen molar-refractivity contribution in [2.24, 2.45) is 0 Å². The highest BCUT2D eigenvalue weighted by Crippen LogP contribution is 2.44. The summed E-state index contributed by atoms with van der Waals surface area (Å²) in [5.74, 6) is 3.01. The summed E-state index contributed by atoms with van der Waals surface area (Å²) in [6.07, 6.45) is 32.3. The van der Waals surface area contributed by atoms with Crippen LogP contribution in [0.3, 0.4) is 0 Å². The molecule has 4 aliphatic carbocycles. The average molecular weight is 812 g/mol. The Morgan fingerprint density at radius 1 is 0.651 bits per heavy atom. The molecular formula is C57H41N5O. The Balaban J connectivity index is 0.937. The first kappa shape index (κ1) is 36.9. The maximum absolute atomic E-state index is 6.43. The summed E-state index contributed by atoms with van der Waals surface area (Å²) in [7, 11) is 0. The van der Waals surface area contributed by atoms with Crippen LogP contribution in [0.15, 0.2) is 180 Å². The molecule has 4 aromatic carbocycles. The summed E-state index contributed by atoms with van der Waals surface area (Å²) in [6, 6.07) is 36.1. The first-order chi connectivity index (χ1) is 31.2. The molecule has 0 radical (unpaired) electrons. The second-order valence-corrected chi connectivity index (χ2v) is 16.5. The van der Waals surface area contributed by atoms with Gasteiger partial charge >= 0.3 is 0 Å². The Bertz CT molecular complexity index is 3450. The number of hydrogen-bond acceptors (Lipinski definition) is 5. The van der Waals surface area contributed by atoms with Gasteiger partial charge in [-0.3, -0.25) is 0 Å². The van der Waals surface area contributed by atoms with E-state index in [9.17, 15) is 0 Å². The van der Waals surface area contributed by atoms with E-state index in [1.54, 1.807) is 0 Å². The Kier molecular flexibility index (Phi) is 9.09. The molecule has 0 saturated carbocycles. The predicted molar refractivity (Wildman–Crippen MR) is 257 cm³/mol. The number of rotatable bonds is 7. The van der Waals surface area contributed by atoms with Gasteiger partial charge in [0.05, 0.1) is 17.4 Å². The van der Waals surface area contributed by atoms with Crippen LogP contribution in [0.5, 0.6) is 0 Å². The van der Waals surface area contributed by atoms with Crippen molar-refractivity contribution >= 4 is 61.7 Å². The maximum Gasteiger partial charge on any atom is 0.163 e. The molecule has 8 aromatic rings. The molecule has 1 unspecified atom stereocenters. The smallest absolute Gasteiger partial charge is 0.163 e. The third-order valence-corrected chi connectivity index (χ3v) is 12.7. The van der Waals surface area contributed by atoms with E-state index in [-0.39, 0.29) is 5.92 Å². The minimum atomic E-state index is -0.00917. The lowest BCUT2D eigenvalue weighted by molar-refractivity contribution is 0.602. The van der Waals surface area contributed by atoms with Crippen LogP contribution < -0.4 is 0 Å². The van der Waals surface area contributed by atoms with Crippen molar-refractivity contribution in [1.82, 2.24) is 24.6 Å². The summed E-state index contributed by atoms with van der Waals surface area (Å²) in [5, 5.41) is 8.68. The molecule has 0 fully saturated rings. The van der Waals surface area contributed by atoms with Gasteiger partial charge in [0.1, 0.15) is 17.2 Å². The van der Waals surface area contributed by atoms with Crippen molar-refractivity contribution in [3.05, 3.63) is 216 Å². The van der Waals surface area contributed by atoms with E-state index in [0.29, 0.717) is 5.82 Å². The maximum atomic E-state index is 6.43. The van der Waals surface area contributed by atoms with Gasteiger partial charge in [0.2, 0.25) is 0 Å². The molecule has 4 aromatic heterocycles. The molecular weight excluding hydrogens is 771 g/mol. The summed E-state index contributed by atoms with van der Waals surface area (Å²) < 4.78 is 8.64. The summed E-state index contributed by atoms with van der Waals surface area (Å²) in [5.41, 5.74) is 17.9. The van der Waals surface area contributed by atoms with E-state index in [1.807, 2.05) is 42.6 Å². The summed E-state index contributed by atoms with van der Waals surface area (Å²) in [6.45, 7) is 0. The van der Waals surface area contributed by atoms with E-state index in [2.05, 4.69) is 150 Å². The SMILES string of the molecule is C1=CC=Cc2c(oc3c(C4=CCC(c5nc(C6=CC=C(c7c(C8=CC=CCC8)n8ncc(-c9ccccc9)c8c8ccccc78)CC6)nc(-c6ccccc6)n5)C=C4)cccc23)C=1. The number of allylic oxidation sites excluding steroid dienone is 14. The number of benzene rings is 4. The quantitative estimate of drug-likeness (QED) is 0.150. The van der Waals surface area contributed by atoms with Gasteiger partial charge in [-0.25, -0.2) is 19.5 Å². The molecule has 63 heavy (non-hydrogen) atoms. The molecule has 6 nitrogen and oxygen atoms in total. The van der Waals surface area contributed by atoms with Gasteiger partial charge in [0.25, 0.3) is 0 Å². The normalized spacial score (nSPS) is 16.9. The number of furan rings is 1. The van der Waals surface area contributed by atoms with Gasteiger partial charge in [0.15, 0.2) is 11.6 Å². The summed E-state index contributed by atoms with van der Waals surface area (Å²) >= 11 is 0. The first-order valence-electron chi connectivity index (χ1n) is 21.8. The molecule has 12 rings (SSSR count). The molecule has 4 aliphatic rings. The van der Waals surface area contributed by atoms with Gasteiger partial charge in [-0.15, -0.1) is 5.73 Å². The average Bonchev–Trinajstić information content (AvgIpc) is 3.88. The molecule has 0 spiro atoms. The third-order valence-electron chi connectivity index (χ3n) is 12.7. The zero-order valence-electron chi connectivity index (χ0n) is 34.6. The van der Waals surface area contributed by atoms with E-state index in [4.69, 9.17) is 24.5 Å². The van der Waals surface area contributed by atoms with Crippen molar-refractivity contribution in [1.29, 1.82) is 0 Å². The van der Waals surface area contributed by atoms with E-state index in [0.717, 1.165) is 99.4 Å². The molecule has 0 amide bonds. The molecule has 0 N–H and O–H groups in total. The number of nitrogens with zero attached hydrogens (tertiary/aromatic N) is 5. The van der Waals surface area contributed by atoms with E-state index < -0.39 is 0 Å². The lowest BCUT2D eigenvalue weighted by Gasteiger charge is -2.23. The standard InChI is InChI=1S/C57H41N5O/c1-5-16-37(17-6-1)49-36-58-62-52(40-18-7-2-8-19-40)51(46-23-13-14-24-47(46)53(49)62)39-30-34-43(35-31-39)57-60-55(41-20-9-3-10-21-41)59-56(61-57)42-32-28-38(29-33-42)44-25-15-26-48-45-22-11-4-12-27-50(45)63-54(44)48/h1-7,9-11,13-18,20-30,32,34,36,42H,8,19,31,33,35H2. The fourth-order valence-corrected chi connectivity index (χ4v) is 9.62. The van der Waals surface area contributed by atoms with Crippen LogP contribution in [-0.2, 0) is 0 Å². The van der Waals surface area contributed by atoms with Gasteiger partial charge in [-0.1, -0.05) is 158 Å². The number of fused-ring (bicyclic) bond motifs is 6. The number of para-hydroxylation sites is 1. The number of aromatic nitrogens is 5. The molecule has 300 valence electrons. The van der Waals surface area contributed by atoms with Crippen molar-refractivity contribution < 1.29 is 4.42 Å². The zero-order chi connectivity index (χ0) is 41.7. The second-order valence-electron chi connectivity index (χ2n) is 16.5. The van der Waals surface area contributed by atoms with Crippen molar-refractivity contribution in [3.63, 3.8) is 0 Å². The highest BCUT2D eigenvalue weighted by Gasteiger charge is 2.26. The largest absolute Gasteiger partial charge is 0.455 e. The lowest BCUT2D eigenvalue weighted by Crippen LogP contribution is -2.11. The fourth-order valence-electron chi connectivity index (χ4n) is 9.62. The predicted octanol–water partition coefficient (Wildman–Crippen LogP) is 14.1. The minimum absolute atomic E-state index is 0.00917. The molecule has 0 saturated heterocycles. The highest BCUT2D eigenvalue weighted by molar-refractivity contribution is 6.10. The van der Waals surface area contributed by atoms with Crippen LogP contribution in [0.4, 0.5) is 0 Å². The van der Waals surface area contributed by atoms with Crippen LogP contribution in [-0.4, -0.2) is 24.6 Å². The van der Waals surface area contributed by atoms with Crippen molar-refractivity contribution in [2.45, 2.75) is 38.0 Å². The zero-order valence-corrected chi connectivity index (χ0v) is 34.6. The van der Waals surface area contributed by atoms with Crippen molar-refractivity contribution in [3.8, 4) is 22.5 Å². The van der Waals surface area contributed by atoms with Gasteiger partial charge < -0.3 is 4.42 Å². The molecule has 4 heterocycles. The van der Waals surface area contributed by atoms with Gasteiger partial charge in [-0.2, -0.15) is 5.10 Å². The number of hydrogen-bond donors (Lipinski definition) is 0. The van der Waals surface area contributed by atoms with Crippen molar-refractivity contribution in [2.75, 3.05) is 0 Å². The van der Waals surface area contributed by atoms with E-state index >= 15 is 0 Å². The summed E-state index contributed by atoms with van der Waals surface area (Å²) in [4.78, 5) is 15.5. The topological polar surface area (TPSA) is 69.1 Å². The van der Waals surface area contributed by atoms with Gasteiger partial charge in [0, 0.05) is 50.6 Å². The van der Waals surface area contributed by atoms with Gasteiger partial charge in [-0.05, 0) is 77.5 Å². The minimum Gasteiger partial charge on any atom is -0.455 e. The third kappa shape index (κ3) is 6.51. The number of pyridine rings is 1. The van der Waals surface area contributed by atoms with Crippen LogP contribution >= 0.6 is 0 Å². The Labute approximate surface area is 365 Å². The van der Waals surface area contributed by atoms with Crippen LogP contribution in [0.25, 0.3) is 84.2 Å². The molecule has 0 aliphatic heterocycles. The second kappa shape index (κ2) is 15.5. The first-order valence-corrected chi connectivity index (χ1v) is 21.8. The Hall–Kier alpha value is -7.92. The molecule has 1 atom stereocenters. The molecule has 6 heteroatoms. The Morgan fingerprint density at radius 2 is 1.43 bits per heavy atom. The monoisotopic (exact) mass is 811 g/mol. The Morgan fingerprint density at radius 3 is 2.22 bits per heavy atom. The van der Waals surface area contributed by atoms with Crippen LogP contribution in [0.2, 0.25) is 0 Å². The van der Waals surface area contributed by atoms with E-state index in [1.165, 1.54) is 38.7 Å². The highest BCUT2D eigenvalue weighted by atomic mass is 16.3. The fraction of sp³-hybridized carbons (Fsp3) is 0.105. The lowest BCUT2D eigenvalue weighted by atomic mass is 9.85. The van der Waals surface area contributed by atoms with Crippen LogP contribution in [0.1, 0.15) is 77.8 Å².